The molecule has 0 saturated carbocycles. The molecule has 6 nitrogen and oxygen atoms in total. The molecule has 1 saturated heterocycles. The van der Waals surface area contributed by atoms with Crippen molar-refractivity contribution >= 4 is 5.82 Å². The van der Waals surface area contributed by atoms with Gasteiger partial charge in [-0.05, 0) is 45.0 Å². The van der Waals surface area contributed by atoms with E-state index in [0.29, 0.717) is 5.92 Å². The molecule has 0 radical (unpaired) electrons. The van der Waals surface area contributed by atoms with Gasteiger partial charge < -0.3 is 9.80 Å². The molecule has 6 heteroatoms. The predicted octanol–water partition coefficient (Wildman–Crippen LogP) is 3.41. The Labute approximate surface area is 166 Å². The fourth-order valence-electron chi connectivity index (χ4n) is 3.77. The second kappa shape index (κ2) is 8.10. The van der Waals surface area contributed by atoms with Crippen LogP contribution in [0.3, 0.4) is 0 Å². The third-order valence-corrected chi connectivity index (χ3v) is 5.55. The summed E-state index contributed by atoms with van der Waals surface area (Å²) in [6.07, 6.45) is 4.99. The van der Waals surface area contributed by atoms with Gasteiger partial charge >= 0.3 is 0 Å². The zero-order valence-electron chi connectivity index (χ0n) is 16.9. The van der Waals surface area contributed by atoms with E-state index in [1.165, 1.54) is 13.0 Å². The standard InChI is InChI=1S/C22H28N6/c1-4-27(3)22-13-21(23-16-24-22)19-7-5-6-18(12-19)20-9-11-28(25-20)15-17-8-10-26(2)14-17/h5-7,9,11-13,16-17H,4,8,10,14-15H2,1-3H3/t17-/m0/s1. The SMILES string of the molecule is CCN(C)c1cc(-c2cccc(-c3ccn(C[C@H]4CCN(C)C4)n3)c2)ncn1. The lowest BCUT2D eigenvalue weighted by Crippen LogP contribution is -2.17. The van der Waals surface area contributed by atoms with Gasteiger partial charge in [0.25, 0.3) is 0 Å². The van der Waals surface area contributed by atoms with Crippen LogP contribution < -0.4 is 4.90 Å². The Balaban J connectivity index is 1.54. The maximum absolute atomic E-state index is 4.82. The minimum Gasteiger partial charge on any atom is -0.360 e. The third kappa shape index (κ3) is 4.07. The first-order valence-corrected chi connectivity index (χ1v) is 9.98. The van der Waals surface area contributed by atoms with Crippen LogP contribution >= 0.6 is 0 Å². The number of aromatic nitrogens is 4. The van der Waals surface area contributed by atoms with Gasteiger partial charge in [-0.2, -0.15) is 5.10 Å². The summed E-state index contributed by atoms with van der Waals surface area (Å²) in [5.41, 5.74) is 4.13. The molecular weight excluding hydrogens is 348 g/mol. The second-order valence-electron chi connectivity index (χ2n) is 7.70. The highest BCUT2D eigenvalue weighted by molar-refractivity contribution is 5.70. The quantitative estimate of drug-likeness (QED) is 0.660. The molecule has 0 N–H and O–H groups in total. The average molecular weight is 377 g/mol. The lowest BCUT2D eigenvalue weighted by Gasteiger charge is -2.15. The fraction of sp³-hybridized carbons (Fsp3) is 0.409. The number of hydrogen-bond acceptors (Lipinski definition) is 5. The highest BCUT2D eigenvalue weighted by atomic mass is 15.3. The van der Waals surface area contributed by atoms with Crippen LogP contribution in [-0.2, 0) is 6.54 Å². The molecule has 1 aromatic carbocycles. The van der Waals surface area contributed by atoms with Gasteiger partial charge in [-0.25, -0.2) is 9.97 Å². The molecule has 4 rings (SSSR count). The monoisotopic (exact) mass is 376 g/mol. The second-order valence-corrected chi connectivity index (χ2v) is 7.70. The van der Waals surface area contributed by atoms with Crippen LogP contribution in [0.15, 0.2) is 48.9 Å². The highest BCUT2D eigenvalue weighted by Crippen LogP contribution is 2.26. The van der Waals surface area contributed by atoms with Crippen molar-refractivity contribution < 1.29 is 0 Å². The zero-order valence-corrected chi connectivity index (χ0v) is 16.9. The van der Waals surface area contributed by atoms with E-state index in [-0.39, 0.29) is 0 Å². The third-order valence-electron chi connectivity index (χ3n) is 5.55. The molecule has 1 atom stereocenters. The van der Waals surface area contributed by atoms with Gasteiger partial charge in [0, 0.05) is 50.1 Å². The topological polar surface area (TPSA) is 50.1 Å². The summed E-state index contributed by atoms with van der Waals surface area (Å²) >= 11 is 0. The zero-order chi connectivity index (χ0) is 19.5. The van der Waals surface area contributed by atoms with E-state index in [0.717, 1.165) is 48.0 Å². The van der Waals surface area contributed by atoms with E-state index in [2.05, 4.69) is 74.9 Å². The van der Waals surface area contributed by atoms with Crippen molar-refractivity contribution in [3.05, 3.63) is 48.9 Å². The van der Waals surface area contributed by atoms with Gasteiger partial charge in [-0.3, -0.25) is 4.68 Å². The lowest BCUT2D eigenvalue weighted by atomic mass is 10.1. The molecule has 28 heavy (non-hydrogen) atoms. The smallest absolute Gasteiger partial charge is 0.132 e. The van der Waals surface area contributed by atoms with E-state index in [9.17, 15) is 0 Å². The van der Waals surface area contributed by atoms with E-state index in [1.54, 1.807) is 6.33 Å². The first-order valence-electron chi connectivity index (χ1n) is 9.98. The Morgan fingerprint density at radius 2 is 1.93 bits per heavy atom. The van der Waals surface area contributed by atoms with Gasteiger partial charge in [0.1, 0.15) is 12.1 Å². The molecule has 1 fully saturated rings. The van der Waals surface area contributed by atoms with Crippen molar-refractivity contribution in [3.8, 4) is 22.5 Å². The van der Waals surface area contributed by atoms with Crippen LogP contribution in [0, 0.1) is 5.92 Å². The van der Waals surface area contributed by atoms with Crippen LogP contribution in [-0.4, -0.2) is 58.4 Å². The van der Waals surface area contributed by atoms with Gasteiger partial charge in [0.05, 0.1) is 11.4 Å². The molecule has 3 heterocycles. The molecule has 0 amide bonds. The van der Waals surface area contributed by atoms with Crippen molar-refractivity contribution in [1.29, 1.82) is 0 Å². The maximum Gasteiger partial charge on any atom is 0.132 e. The molecule has 0 unspecified atom stereocenters. The molecular formula is C22H28N6. The first kappa shape index (κ1) is 18.6. The van der Waals surface area contributed by atoms with E-state index >= 15 is 0 Å². The summed E-state index contributed by atoms with van der Waals surface area (Å²) in [5, 5.41) is 4.82. The van der Waals surface area contributed by atoms with Crippen molar-refractivity contribution in [2.45, 2.75) is 19.9 Å². The normalized spacial score (nSPS) is 17.2. The van der Waals surface area contributed by atoms with Crippen LogP contribution in [0.1, 0.15) is 13.3 Å². The summed E-state index contributed by atoms with van der Waals surface area (Å²) in [4.78, 5) is 13.3. The predicted molar refractivity (Wildman–Crippen MR) is 113 cm³/mol. The van der Waals surface area contributed by atoms with Crippen molar-refractivity contribution in [2.75, 3.05) is 38.6 Å². The highest BCUT2D eigenvalue weighted by Gasteiger charge is 2.20. The summed E-state index contributed by atoms with van der Waals surface area (Å²) in [6, 6.07) is 12.6. The van der Waals surface area contributed by atoms with Crippen LogP contribution in [0.5, 0.6) is 0 Å². The van der Waals surface area contributed by atoms with Crippen LogP contribution in [0.2, 0.25) is 0 Å². The molecule has 1 aliphatic heterocycles. The van der Waals surface area contributed by atoms with Gasteiger partial charge in [-0.1, -0.05) is 18.2 Å². The minimum absolute atomic E-state index is 0.694. The summed E-state index contributed by atoms with van der Waals surface area (Å²) < 4.78 is 2.09. The first-order chi connectivity index (χ1) is 13.6. The maximum atomic E-state index is 4.82. The number of anilines is 1. The number of likely N-dealkylation sites (tertiary alicyclic amines) is 1. The number of rotatable bonds is 6. The van der Waals surface area contributed by atoms with E-state index in [1.807, 2.05) is 13.1 Å². The largest absolute Gasteiger partial charge is 0.360 e. The molecule has 3 aromatic rings. The Bertz CT molecular complexity index is 934. The molecule has 0 bridgehead atoms. The van der Waals surface area contributed by atoms with Gasteiger partial charge in [-0.15, -0.1) is 0 Å². The summed E-state index contributed by atoms with van der Waals surface area (Å²) in [6.45, 7) is 6.36. The van der Waals surface area contributed by atoms with Crippen molar-refractivity contribution in [1.82, 2.24) is 24.6 Å². The van der Waals surface area contributed by atoms with Crippen LogP contribution in [0.4, 0.5) is 5.82 Å². The number of nitrogens with zero attached hydrogens (tertiary/aromatic N) is 6. The lowest BCUT2D eigenvalue weighted by molar-refractivity contribution is 0.370. The molecule has 146 valence electrons. The molecule has 0 aliphatic carbocycles. The summed E-state index contributed by atoms with van der Waals surface area (Å²) in [5.74, 6) is 1.63. The minimum atomic E-state index is 0.694. The molecule has 1 aliphatic rings. The average Bonchev–Trinajstić information content (AvgIpc) is 3.37. The van der Waals surface area contributed by atoms with E-state index in [4.69, 9.17) is 5.10 Å². The van der Waals surface area contributed by atoms with Gasteiger partial charge in [0.15, 0.2) is 0 Å². The number of hydrogen-bond donors (Lipinski definition) is 0. The Morgan fingerprint density at radius 3 is 2.68 bits per heavy atom. The van der Waals surface area contributed by atoms with Crippen molar-refractivity contribution in [3.63, 3.8) is 0 Å². The fourth-order valence-corrected chi connectivity index (χ4v) is 3.77. The van der Waals surface area contributed by atoms with Gasteiger partial charge in [0.2, 0.25) is 0 Å². The molecule has 0 spiro atoms. The number of benzene rings is 1. The van der Waals surface area contributed by atoms with E-state index < -0.39 is 0 Å². The van der Waals surface area contributed by atoms with Crippen LogP contribution in [0.25, 0.3) is 22.5 Å². The Kier molecular flexibility index (Phi) is 5.39. The summed E-state index contributed by atoms with van der Waals surface area (Å²) in [7, 11) is 4.23. The Hall–Kier alpha value is -2.73. The Morgan fingerprint density at radius 1 is 1.11 bits per heavy atom. The molecule has 2 aromatic heterocycles. The van der Waals surface area contributed by atoms with Crippen molar-refractivity contribution in [2.24, 2.45) is 5.92 Å².